The number of amides is 2. The van der Waals surface area contributed by atoms with Crippen molar-refractivity contribution in [2.45, 2.75) is 24.7 Å². The highest BCUT2D eigenvalue weighted by Gasteiger charge is 2.33. The van der Waals surface area contributed by atoms with Crippen molar-refractivity contribution in [3.63, 3.8) is 0 Å². The molecule has 1 aliphatic rings. The number of piperidine rings is 1. The van der Waals surface area contributed by atoms with Crippen molar-refractivity contribution < 1.29 is 18.0 Å². The van der Waals surface area contributed by atoms with Crippen molar-refractivity contribution in [1.29, 1.82) is 0 Å². The number of hydrogen-bond donors (Lipinski definition) is 2. The topological polar surface area (TPSA) is 114 Å². The number of hydrogen-bond acceptors (Lipinski definition) is 4. The Morgan fingerprint density at radius 3 is 2.39 bits per heavy atom. The zero-order chi connectivity index (χ0) is 20.5. The highest BCUT2D eigenvalue weighted by atomic mass is 32.2. The van der Waals surface area contributed by atoms with Crippen molar-refractivity contribution in [3.05, 3.63) is 47.8 Å². The fourth-order valence-corrected chi connectivity index (χ4v) is 4.92. The van der Waals surface area contributed by atoms with Gasteiger partial charge in [0.25, 0.3) is 5.91 Å². The second-order valence-corrected chi connectivity index (χ2v) is 8.96. The second kappa shape index (κ2) is 7.76. The highest BCUT2D eigenvalue weighted by molar-refractivity contribution is 7.89. The molecule has 1 saturated heterocycles. The first-order chi connectivity index (χ1) is 13.2. The summed E-state index contributed by atoms with van der Waals surface area (Å²) in [7, 11) is -2.17. The normalized spacial score (nSPS) is 16.1. The Balaban J connectivity index is 1.66. The molecule has 0 atom stereocenters. The zero-order valence-corrected chi connectivity index (χ0v) is 16.7. The summed E-state index contributed by atoms with van der Waals surface area (Å²) in [5.74, 6) is -1.03. The van der Waals surface area contributed by atoms with Gasteiger partial charge in [0.2, 0.25) is 15.9 Å². The number of primary amides is 1. The summed E-state index contributed by atoms with van der Waals surface area (Å²) in [6, 6.07) is 8.82. The van der Waals surface area contributed by atoms with E-state index in [0.29, 0.717) is 12.8 Å². The number of para-hydroxylation sites is 1. The number of carbonyl (C=O) groups is 2. The van der Waals surface area contributed by atoms with Crippen molar-refractivity contribution in [2.75, 3.05) is 18.4 Å². The van der Waals surface area contributed by atoms with Crippen LogP contribution < -0.4 is 11.1 Å². The highest BCUT2D eigenvalue weighted by Crippen LogP contribution is 2.26. The Bertz CT molecular complexity index is 1000. The van der Waals surface area contributed by atoms with E-state index in [1.807, 2.05) is 31.2 Å². The molecule has 0 unspecified atom stereocenters. The molecular weight excluding hydrogens is 380 g/mol. The number of nitrogens with two attached hydrogens (primary N) is 1. The van der Waals surface area contributed by atoms with E-state index in [1.165, 1.54) is 21.1 Å². The van der Waals surface area contributed by atoms with E-state index in [9.17, 15) is 18.0 Å². The van der Waals surface area contributed by atoms with E-state index in [1.54, 1.807) is 7.05 Å². The predicted octanol–water partition coefficient (Wildman–Crippen LogP) is 1.47. The molecule has 1 aromatic heterocycles. The molecule has 28 heavy (non-hydrogen) atoms. The average Bonchev–Trinajstić information content (AvgIpc) is 3.06. The summed E-state index contributed by atoms with van der Waals surface area (Å²) < 4.78 is 28.4. The molecule has 0 saturated carbocycles. The summed E-state index contributed by atoms with van der Waals surface area (Å²) in [4.78, 5) is 23.9. The minimum absolute atomic E-state index is 0.0339. The summed E-state index contributed by atoms with van der Waals surface area (Å²) in [5, 5.41) is 2.93. The van der Waals surface area contributed by atoms with Gasteiger partial charge in [-0.15, -0.1) is 0 Å². The van der Waals surface area contributed by atoms with E-state index in [-0.39, 0.29) is 35.5 Å². The Kier molecular flexibility index (Phi) is 5.57. The van der Waals surface area contributed by atoms with E-state index < -0.39 is 15.9 Å². The van der Waals surface area contributed by atoms with Crippen LogP contribution in [-0.2, 0) is 21.9 Å². The standard InChI is InChI=1S/C19H24N4O4S/c1-13-5-3-4-6-16(13)21-19(25)14-7-9-23(10-8-14)28(26,27)15-11-17(18(20)24)22(2)12-15/h3-6,11-12,14H,7-10H2,1-2H3,(H2,20,24)(H,21,25). The first-order valence-corrected chi connectivity index (χ1v) is 10.5. The quantitative estimate of drug-likeness (QED) is 0.785. The maximum Gasteiger partial charge on any atom is 0.265 e. The van der Waals surface area contributed by atoms with Gasteiger partial charge in [0, 0.05) is 37.9 Å². The predicted molar refractivity (Wildman–Crippen MR) is 105 cm³/mol. The minimum atomic E-state index is -3.74. The zero-order valence-electron chi connectivity index (χ0n) is 15.9. The molecule has 3 rings (SSSR count). The summed E-state index contributed by atoms with van der Waals surface area (Å²) in [5.41, 5.74) is 7.14. The number of rotatable bonds is 5. The van der Waals surface area contributed by atoms with Gasteiger partial charge in [-0.2, -0.15) is 4.31 Å². The SMILES string of the molecule is Cc1ccccc1NC(=O)C1CCN(S(=O)(=O)c2cc(C(N)=O)n(C)c2)CC1. The van der Waals surface area contributed by atoms with E-state index >= 15 is 0 Å². The number of sulfonamides is 1. The Hall–Kier alpha value is -2.65. The van der Waals surface area contributed by atoms with Gasteiger partial charge < -0.3 is 15.6 Å². The van der Waals surface area contributed by atoms with Crippen LogP contribution >= 0.6 is 0 Å². The third kappa shape index (κ3) is 3.95. The maximum absolute atomic E-state index is 12.8. The molecule has 0 spiro atoms. The van der Waals surface area contributed by atoms with Gasteiger partial charge in [-0.1, -0.05) is 18.2 Å². The lowest BCUT2D eigenvalue weighted by Crippen LogP contribution is -2.41. The molecule has 3 N–H and O–H groups in total. The number of carbonyl (C=O) groups excluding carboxylic acids is 2. The third-order valence-electron chi connectivity index (χ3n) is 5.10. The molecule has 2 aromatic rings. The Morgan fingerprint density at radius 2 is 1.82 bits per heavy atom. The van der Waals surface area contributed by atoms with Crippen LogP contribution in [-0.4, -0.2) is 42.2 Å². The first kappa shape index (κ1) is 20.1. The molecule has 2 amide bonds. The number of aromatic nitrogens is 1. The average molecular weight is 404 g/mol. The van der Waals surface area contributed by atoms with Gasteiger partial charge in [0.05, 0.1) is 0 Å². The Morgan fingerprint density at radius 1 is 1.18 bits per heavy atom. The molecule has 150 valence electrons. The molecule has 2 heterocycles. The number of nitrogens with zero attached hydrogens (tertiary/aromatic N) is 2. The van der Waals surface area contributed by atoms with Crippen LogP contribution in [0, 0.1) is 12.8 Å². The van der Waals surface area contributed by atoms with Crippen LogP contribution in [0.4, 0.5) is 5.69 Å². The molecule has 9 heteroatoms. The maximum atomic E-state index is 12.8. The van der Waals surface area contributed by atoms with Crippen molar-refractivity contribution in [2.24, 2.45) is 18.7 Å². The van der Waals surface area contributed by atoms with Crippen molar-refractivity contribution >= 4 is 27.5 Å². The minimum Gasteiger partial charge on any atom is -0.364 e. The van der Waals surface area contributed by atoms with E-state index in [0.717, 1.165) is 11.3 Å². The fourth-order valence-electron chi connectivity index (χ4n) is 3.38. The third-order valence-corrected chi connectivity index (χ3v) is 6.96. The Labute approximate surface area is 164 Å². The molecule has 1 aromatic carbocycles. The molecular formula is C19H24N4O4S. The largest absolute Gasteiger partial charge is 0.364 e. The number of aryl methyl sites for hydroxylation is 2. The molecule has 0 bridgehead atoms. The number of anilines is 1. The first-order valence-electron chi connectivity index (χ1n) is 9.03. The van der Waals surface area contributed by atoms with Gasteiger partial charge in [-0.25, -0.2) is 8.42 Å². The van der Waals surface area contributed by atoms with Crippen LogP contribution in [0.3, 0.4) is 0 Å². The van der Waals surface area contributed by atoms with Crippen molar-refractivity contribution in [1.82, 2.24) is 8.87 Å². The molecule has 1 aliphatic heterocycles. The lowest BCUT2D eigenvalue weighted by atomic mass is 9.97. The fraction of sp³-hybridized carbons (Fsp3) is 0.368. The van der Waals surface area contributed by atoms with E-state index in [4.69, 9.17) is 5.73 Å². The van der Waals surface area contributed by atoms with Crippen LogP contribution in [0.5, 0.6) is 0 Å². The lowest BCUT2D eigenvalue weighted by Gasteiger charge is -2.30. The van der Waals surface area contributed by atoms with Crippen LogP contribution in [0.15, 0.2) is 41.4 Å². The number of nitrogens with one attached hydrogen (secondary N) is 1. The van der Waals surface area contributed by atoms with Gasteiger partial charge in [-0.05, 0) is 37.5 Å². The second-order valence-electron chi connectivity index (χ2n) is 7.02. The molecule has 0 aliphatic carbocycles. The number of benzene rings is 1. The summed E-state index contributed by atoms with van der Waals surface area (Å²) in [6.07, 6.45) is 2.26. The van der Waals surface area contributed by atoms with Crippen molar-refractivity contribution in [3.8, 4) is 0 Å². The molecule has 8 nitrogen and oxygen atoms in total. The summed E-state index contributed by atoms with van der Waals surface area (Å²) >= 11 is 0. The van der Waals surface area contributed by atoms with Crippen LogP contribution in [0.1, 0.15) is 28.9 Å². The molecule has 1 fully saturated rings. The van der Waals surface area contributed by atoms with Crippen LogP contribution in [0.25, 0.3) is 0 Å². The van der Waals surface area contributed by atoms with Gasteiger partial charge >= 0.3 is 0 Å². The lowest BCUT2D eigenvalue weighted by molar-refractivity contribution is -0.120. The van der Waals surface area contributed by atoms with Gasteiger partial charge in [0.1, 0.15) is 10.6 Å². The van der Waals surface area contributed by atoms with E-state index in [2.05, 4.69) is 5.32 Å². The monoisotopic (exact) mass is 404 g/mol. The molecule has 0 radical (unpaired) electrons. The summed E-state index contributed by atoms with van der Waals surface area (Å²) in [6.45, 7) is 2.41. The van der Waals surface area contributed by atoms with Gasteiger partial charge in [0.15, 0.2) is 0 Å². The van der Waals surface area contributed by atoms with Gasteiger partial charge in [-0.3, -0.25) is 9.59 Å². The smallest absolute Gasteiger partial charge is 0.265 e. The van der Waals surface area contributed by atoms with Crippen LogP contribution in [0.2, 0.25) is 0 Å².